The number of nitrogens with one attached hydrogen (secondary N) is 1. The summed E-state index contributed by atoms with van der Waals surface area (Å²) in [6.07, 6.45) is 2.17. The molecule has 0 aromatic carbocycles. The number of amides is 1. The maximum atomic E-state index is 11.2. The molecule has 5 heteroatoms. The monoisotopic (exact) mass is 217 g/mol. The number of rotatable bonds is 4. The molecule has 1 rings (SSSR count). The van der Waals surface area contributed by atoms with Crippen LogP contribution >= 0.6 is 11.8 Å². The normalized spacial score (nSPS) is 21.6. The molecule has 0 aliphatic carbocycles. The third-order valence-corrected chi connectivity index (χ3v) is 3.31. The van der Waals surface area contributed by atoms with Gasteiger partial charge >= 0.3 is 5.97 Å². The number of carboxylic acid groups (broad SMARTS) is 1. The second-order valence-corrected chi connectivity index (χ2v) is 4.53. The standard InChI is InChI=1S/C9H15NO3S/c11-8(3-4-9(12)13)10-7-2-1-5-14-6-7/h7H,1-6H2,(H,10,11)(H,12,13). The van der Waals surface area contributed by atoms with Gasteiger partial charge in [-0.15, -0.1) is 0 Å². The third kappa shape index (κ3) is 4.50. The third-order valence-electron chi connectivity index (χ3n) is 2.09. The van der Waals surface area contributed by atoms with Gasteiger partial charge < -0.3 is 10.4 Å². The van der Waals surface area contributed by atoms with Crippen LogP contribution in [0.5, 0.6) is 0 Å². The Hall–Kier alpha value is -0.710. The van der Waals surface area contributed by atoms with Gasteiger partial charge in [0.1, 0.15) is 0 Å². The summed E-state index contributed by atoms with van der Waals surface area (Å²) in [7, 11) is 0. The minimum Gasteiger partial charge on any atom is -0.481 e. The van der Waals surface area contributed by atoms with E-state index in [1.807, 2.05) is 11.8 Å². The van der Waals surface area contributed by atoms with Gasteiger partial charge in [-0.05, 0) is 18.6 Å². The molecule has 1 amide bonds. The van der Waals surface area contributed by atoms with Crippen molar-refractivity contribution in [3.05, 3.63) is 0 Å². The summed E-state index contributed by atoms with van der Waals surface area (Å²) in [4.78, 5) is 21.4. The zero-order chi connectivity index (χ0) is 10.4. The average molecular weight is 217 g/mol. The van der Waals surface area contributed by atoms with Crippen molar-refractivity contribution in [1.29, 1.82) is 0 Å². The van der Waals surface area contributed by atoms with Crippen molar-refractivity contribution in [2.45, 2.75) is 31.7 Å². The fourth-order valence-corrected chi connectivity index (χ4v) is 2.45. The van der Waals surface area contributed by atoms with E-state index in [0.29, 0.717) is 0 Å². The van der Waals surface area contributed by atoms with Crippen LogP contribution in [0.15, 0.2) is 0 Å². The van der Waals surface area contributed by atoms with Crippen LogP contribution in [0.3, 0.4) is 0 Å². The Morgan fingerprint density at radius 1 is 1.43 bits per heavy atom. The largest absolute Gasteiger partial charge is 0.481 e. The fourth-order valence-electron chi connectivity index (χ4n) is 1.37. The lowest BCUT2D eigenvalue weighted by Gasteiger charge is -2.22. The van der Waals surface area contributed by atoms with Crippen molar-refractivity contribution >= 4 is 23.6 Å². The summed E-state index contributed by atoms with van der Waals surface area (Å²) >= 11 is 1.84. The predicted octanol–water partition coefficient (Wildman–Crippen LogP) is 0.863. The summed E-state index contributed by atoms with van der Waals surface area (Å²) in [5.74, 6) is 1.07. The fraction of sp³-hybridized carbons (Fsp3) is 0.778. The molecule has 1 unspecified atom stereocenters. The number of hydrogen-bond donors (Lipinski definition) is 2. The molecule has 14 heavy (non-hydrogen) atoms. The van der Waals surface area contributed by atoms with E-state index < -0.39 is 5.97 Å². The van der Waals surface area contributed by atoms with Crippen molar-refractivity contribution < 1.29 is 14.7 Å². The Morgan fingerprint density at radius 3 is 2.79 bits per heavy atom. The maximum Gasteiger partial charge on any atom is 0.303 e. The number of carboxylic acids is 1. The molecule has 0 aromatic heterocycles. The molecule has 2 N–H and O–H groups in total. The van der Waals surface area contributed by atoms with Gasteiger partial charge in [0.25, 0.3) is 0 Å². The highest BCUT2D eigenvalue weighted by Crippen LogP contribution is 2.16. The minimum atomic E-state index is -0.918. The predicted molar refractivity (Wildman–Crippen MR) is 55.4 cm³/mol. The molecular formula is C9H15NO3S. The molecule has 4 nitrogen and oxygen atoms in total. The highest BCUT2D eigenvalue weighted by molar-refractivity contribution is 7.99. The van der Waals surface area contributed by atoms with Crippen LogP contribution in [0.1, 0.15) is 25.7 Å². The summed E-state index contributed by atoms with van der Waals surface area (Å²) in [6.45, 7) is 0. The Labute approximate surface area is 87.4 Å². The lowest BCUT2D eigenvalue weighted by Crippen LogP contribution is -2.38. The molecule has 0 spiro atoms. The summed E-state index contributed by atoms with van der Waals surface area (Å²) < 4.78 is 0. The van der Waals surface area contributed by atoms with E-state index in [4.69, 9.17) is 5.11 Å². The van der Waals surface area contributed by atoms with E-state index in [1.165, 1.54) is 5.75 Å². The van der Waals surface area contributed by atoms with E-state index in [9.17, 15) is 9.59 Å². The summed E-state index contributed by atoms with van der Waals surface area (Å²) in [5.41, 5.74) is 0. The van der Waals surface area contributed by atoms with Crippen LogP contribution in [0.2, 0.25) is 0 Å². The van der Waals surface area contributed by atoms with E-state index in [2.05, 4.69) is 5.32 Å². The Kier molecular flexibility index (Phi) is 4.79. The molecule has 0 bridgehead atoms. The highest BCUT2D eigenvalue weighted by atomic mass is 32.2. The molecule has 1 aliphatic rings. The van der Waals surface area contributed by atoms with Gasteiger partial charge in [-0.25, -0.2) is 0 Å². The van der Waals surface area contributed by atoms with Crippen molar-refractivity contribution in [2.24, 2.45) is 0 Å². The molecule has 0 saturated carbocycles. The van der Waals surface area contributed by atoms with Gasteiger partial charge in [-0.3, -0.25) is 9.59 Å². The first-order chi connectivity index (χ1) is 6.68. The molecule has 0 radical (unpaired) electrons. The van der Waals surface area contributed by atoms with Crippen molar-refractivity contribution in [2.75, 3.05) is 11.5 Å². The summed E-state index contributed by atoms with van der Waals surface area (Å²) in [5, 5.41) is 11.2. The van der Waals surface area contributed by atoms with E-state index in [0.717, 1.165) is 18.6 Å². The SMILES string of the molecule is O=C(O)CCC(=O)NC1CCCSC1. The van der Waals surface area contributed by atoms with Crippen LogP contribution in [-0.4, -0.2) is 34.5 Å². The first-order valence-electron chi connectivity index (χ1n) is 4.77. The van der Waals surface area contributed by atoms with E-state index in [1.54, 1.807) is 0 Å². The van der Waals surface area contributed by atoms with Gasteiger partial charge in [-0.2, -0.15) is 11.8 Å². The van der Waals surface area contributed by atoms with Crippen molar-refractivity contribution in [1.82, 2.24) is 5.32 Å². The molecular weight excluding hydrogens is 202 g/mol. The van der Waals surface area contributed by atoms with Crippen LogP contribution in [0.4, 0.5) is 0 Å². The van der Waals surface area contributed by atoms with Gasteiger partial charge in [-0.1, -0.05) is 0 Å². The molecule has 1 saturated heterocycles. The van der Waals surface area contributed by atoms with Crippen LogP contribution in [-0.2, 0) is 9.59 Å². The van der Waals surface area contributed by atoms with E-state index >= 15 is 0 Å². The Balaban J connectivity index is 2.15. The molecule has 1 atom stereocenters. The number of hydrogen-bond acceptors (Lipinski definition) is 3. The number of carbonyl (C=O) groups excluding carboxylic acids is 1. The van der Waals surface area contributed by atoms with Gasteiger partial charge in [0, 0.05) is 18.2 Å². The topological polar surface area (TPSA) is 66.4 Å². The minimum absolute atomic E-state index is 0.0777. The number of carbonyl (C=O) groups is 2. The van der Waals surface area contributed by atoms with Crippen LogP contribution < -0.4 is 5.32 Å². The maximum absolute atomic E-state index is 11.2. The van der Waals surface area contributed by atoms with Crippen LogP contribution in [0.25, 0.3) is 0 Å². The lowest BCUT2D eigenvalue weighted by molar-refractivity contribution is -0.138. The van der Waals surface area contributed by atoms with Gasteiger partial charge in [0.2, 0.25) is 5.91 Å². The van der Waals surface area contributed by atoms with Crippen molar-refractivity contribution in [3.63, 3.8) is 0 Å². The highest BCUT2D eigenvalue weighted by Gasteiger charge is 2.16. The molecule has 80 valence electrons. The first-order valence-corrected chi connectivity index (χ1v) is 5.93. The van der Waals surface area contributed by atoms with Gasteiger partial charge in [0.05, 0.1) is 6.42 Å². The smallest absolute Gasteiger partial charge is 0.303 e. The van der Waals surface area contributed by atoms with Crippen molar-refractivity contribution in [3.8, 4) is 0 Å². The lowest BCUT2D eigenvalue weighted by atomic mass is 10.2. The first kappa shape index (κ1) is 11.4. The molecule has 1 aliphatic heterocycles. The summed E-state index contributed by atoms with van der Waals surface area (Å²) in [6, 6.07) is 0.245. The Bertz CT molecular complexity index is 214. The Morgan fingerprint density at radius 2 is 2.21 bits per heavy atom. The quantitative estimate of drug-likeness (QED) is 0.733. The zero-order valence-corrected chi connectivity index (χ0v) is 8.81. The second kappa shape index (κ2) is 5.90. The number of thioether (sulfide) groups is 1. The molecule has 1 fully saturated rings. The van der Waals surface area contributed by atoms with Crippen LogP contribution in [0, 0.1) is 0 Å². The van der Waals surface area contributed by atoms with Gasteiger partial charge in [0.15, 0.2) is 0 Å². The molecule has 1 heterocycles. The molecule has 0 aromatic rings. The zero-order valence-electron chi connectivity index (χ0n) is 7.99. The second-order valence-electron chi connectivity index (χ2n) is 3.38. The number of aliphatic carboxylic acids is 1. The van der Waals surface area contributed by atoms with E-state index in [-0.39, 0.29) is 24.8 Å². The average Bonchev–Trinajstić information content (AvgIpc) is 2.16.